The van der Waals surface area contributed by atoms with E-state index >= 15 is 0 Å². The summed E-state index contributed by atoms with van der Waals surface area (Å²) in [6.07, 6.45) is 3.59. The monoisotopic (exact) mass is 317 g/mol. The van der Waals surface area contributed by atoms with Gasteiger partial charge >= 0.3 is 0 Å². The van der Waals surface area contributed by atoms with Gasteiger partial charge < -0.3 is 0 Å². The molecular formula is C16H13Cl2N3. The van der Waals surface area contributed by atoms with Crippen LogP contribution in [0.4, 0.5) is 0 Å². The highest BCUT2D eigenvalue weighted by atomic mass is 35.5. The topological polar surface area (TPSA) is 30.7 Å². The van der Waals surface area contributed by atoms with Gasteiger partial charge in [-0.25, -0.2) is 9.67 Å². The molecule has 0 saturated heterocycles. The minimum Gasteiger partial charge on any atom is -0.216 e. The molecule has 0 N–H and O–H groups in total. The molecule has 5 heteroatoms. The highest BCUT2D eigenvalue weighted by molar-refractivity contribution is 6.37. The molecule has 1 aromatic carbocycles. The quantitative estimate of drug-likeness (QED) is 0.623. The molecule has 21 heavy (non-hydrogen) atoms. The van der Waals surface area contributed by atoms with Gasteiger partial charge in [0.05, 0.1) is 21.8 Å². The SMILES string of the molecule is Clc1cc(Cl)c2c(C3CCC3)nn(-c3ccccc3)c2n1. The average Bonchev–Trinajstić information content (AvgIpc) is 2.77. The van der Waals surface area contributed by atoms with Crippen molar-refractivity contribution in [1.29, 1.82) is 0 Å². The van der Waals surface area contributed by atoms with Gasteiger partial charge in [0, 0.05) is 5.92 Å². The van der Waals surface area contributed by atoms with E-state index in [4.69, 9.17) is 28.3 Å². The minimum atomic E-state index is 0.393. The molecule has 0 radical (unpaired) electrons. The van der Waals surface area contributed by atoms with Crippen LogP contribution < -0.4 is 0 Å². The van der Waals surface area contributed by atoms with Gasteiger partial charge in [0.25, 0.3) is 0 Å². The first-order chi connectivity index (χ1) is 10.2. The molecule has 1 aliphatic rings. The van der Waals surface area contributed by atoms with Gasteiger partial charge in [0.1, 0.15) is 5.15 Å². The second kappa shape index (κ2) is 5.00. The maximum Gasteiger partial charge on any atom is 0.166 e. The summed E-state index contributed by atoms with van der Waals surface area (Å²) in [7, 11) is 0. The van der Waals surface area contributed by atoms with Crippen molar-refractivity contribution >= 4 is 34.2 Å². The molecule has 0 unspecified atom stereocenters. The van der Waals surface area contributed by atoms with E-state index in [-0.39, 0.29) is 0 Å². The van der Waals surface area contributed by atoms with Crippen molar-refractivity contribution < 1.29 is 0 Å². The van der Waals surface area contributed by atoms with Crippen LogP contribution in [0.1, 0.15) is 30.9 Å². The molecule has 106 valence electrons. The van der Waals surface area contributed by atoms with Crippen LogP contribution in [-0.2, 0) is 0 Å². The number of benzene rings is 1. The molecule has 2 heterocycles. The number of aromatic nitrogens is 3. The van der Waals surface area contributed by atoms with Crippen molar-refractivity contribution in [3.8, 4) is 5.69 Å². The van der Waals surface area contributed by atoms with Gasteiger partial charge in [-0.1, -0.05) is 47.8 Å². The molecule has 3 nitrogen and oxygen atoms in total. The Morgan fingerprint density at radius 2 is 1.86 bits per heavy atom. The van der Waals surface area contributed by atoms with Crippen molar-refractivity contribution in [3.63, 3.8) is 0 Å². The molecule has 0 aliphatic heterocycles. The lowest BCUT2D eigenvalue weighted by Crippen LogP contribution is -2.10. The predicted molar refractivity (Wildman–Crippen MR) is 85.5 cm³/mol. The fourth-order valence-corrected chi connectivity index (χ4v) is 3.31. The summed E-state index contributed by atoms with van der Waals surface area (Å²) in [5.74, 6) is 0.484. The fourth-order valence-electron chi connectivity index (χ4n) is 2.78. The van der Waals surface area contributed by atoms with Crippen LogP contribution in [0.3, 0.4) is 0 Å². The van der Waals surface area contributed by atoms with E-state index in [9.17, 15) is 0 Å². The van der Waals surface area contributed by atoms with Crippen molar-refractivity contribution in [1.82, 2.24) is 14.8 Å². The Morgan fingerprint density at radius 3 is 2.52 bits per heavy atom. The van der Waals surface area contributed by atoms with E-state index in [0.29, 0.717) is 16.1 Å². The first kappa shape index (κ1) is 13.1. The predicted octanol–water partition coefficient (Wildman–Crippen LogP) is 4.99. The number of rotatable bonds is 2. The Morgan fingerprint density at radius 1 is 1.10 bits per heavy atom. The van der Waals surface area contributed by atoms with E-state index in [0.717, 1.165) is 22.4 Å². The summed E-state index contributed by atoms with van der Waals surface area (Å²) < 4.78 is 1.85. The van der Waals surface area contributed by atoms with Crippen LogP contribution in [0, 0.1) is 0 Å². The Hall–Kier alpha value is -1.58. The third-order valence-electron chi connectivity index (χ3n) is 4.08. The average molecular weight is 318 g/mol. The molecule has 1 saturated carbocycles. The Labute approximate surface area is 132 Å². The zero-order valence-electron chi connectivity index (χ0n) is 11.3. The van der Waals surface area contributed by atoms with Crippen molar-refractivity contribution in [2.75, 3.05) is 0 Å². The van der Waals surface area contributed by atoms with Gasteiger partial charge in [0.2, 0.25) is 0 Å². The number of hydrogen-bond donors (Lipinski definition) is 0. The second-order valence-electron chi connectivity index (χ2n) is 5.39. The van der Waals surface area contributed by atoms with Crippen LogP contribution in [0.25, 0.3) is 16.7 Å². The van der Waals surface area contributed by atoms with Crippen LogP contribution in [0.5, 0.6) is 0 Å². The number of halogens is 2. The largest absolute Gasteiger partial charge is 0.216 e. The Bertz CT molecular complexity index is 807. The van der Waals surface area contributed by atoms with Crippen LogP contribution in [0.15, 0.2) is 36.4 Å². The molecule has 0 spiro atoms. The molecule has 0 atom stereocenters. The van der Waals surface area contributed by atoms with E-state index in [2.05, 4.69) is 4.98 Å². The lowest BCUT2D eigenvalue weighted by Gasteiger charge is -2.23. The zero-order chi connectivity index (χ0) is 14.4. The smallest absolute Gasteiger partial charge is 0.166 e. The van der Waals surface area contributed by atoms with Crippen LogP contribution in [-0.4, -0.2) is 14.8 Å². The first-order valence-corrected chi connectivity index (χ1v) is 7.80. The normalized spacial score (nSPS) is 15.3. The molecule has 1 aliphatic carbocycles. The fraction of sp³-hybridized carbons (Fsp3) is 0.250. The van der Waals surface area contributed by atoms with Crippen molar-refractivity contribution in [2.24, 2.45) is 0 Å². The highest BCUT2D eigenvalue weighted by Crippen LogP contribution is 2.41. The lowest BCUT2D eigenvalue weighted by molar-refractivity contribution is 0.411. The number of nitrogens with zero attached hydrogens (tertiary/aromatic N) is 3. The van der Waals surface area contributed by atoms with E-state index in [1.54, 1.807) is 6.07 Å². The first-order valence-electron chi connectivity index (χ1n) is 7.04. The Kier molecular flexibility index (Phi) is 3.12. The number of para-hydroxylation sites is 1. The van der Waals surface area contributed by atoms with Crippen molar-refractivity contribution in [3.05, 3.63) is 52.3 Å². The number of fused-ring (bicyclic) bond motifs is 1. The third-order valence-corrected chi connectivity index (χ3v) is 4.57. The van der Waals surface area contributed by atoms with E-state index in [1.165, 1.54) is 19.3 Å². The highest BCUT2D eigenvalue weighted by Gasteiger charge is 2.27. The van der Waals surface area contributed by atoms with Gasteiger partial charge in [-0.05, 0) is 31.0 Å². The summed E-state index contributed by atoms with van der Waals surface area (Å²) in [5.41, 5.74) is 2.76. The maximum absolute atomic E-state index is 6.42. The second-order valence-corrected chi connectivity index (χ2v) is 6.18. The summed E-state index contributed by atoms with van der Waals surface area (Å²) in [4.78, 5) is 4.46. The third kappa shape index (κ3) is 2.12. The Balaban J connectivity index is 2.02. The molecule has 0 bridgehead atoms. The van der Waals surface area contributed by atoms with Crippen LogP contribution in [0.2, 0.25) is 10.2 Å². The van der Waals surface area contributed by atoms with Gasteiger partial charge in [-0.15, -0.1) is 0 Å². The van der Waals surface area contributed by atoms with Gasteiger partial charge in [-0.3, -0.25) is 0 Å². The lowest BCUT2D eigenvalue weighted by atomic mass is 9.82. The summed E-state index contributed by atoms with van der Waals surface area (Å²) >= 11 is 12.5. The molecule has 4 rings (SSSR count). The number of pyridine rings is 1. The zero-order valence-corrected chi connectivity index (χ0v) is 12.8. The molecule has 2 aromatic heterocycles. The summed E-state index contributed by atoms with van der Waals surface area (Å²) in [6, 6.07) is 11.7. The number of hydrogen-bond acceptors (Lipinski definition) is 2. The van der Waals surface area contributed by atoms with Crippen molar-refractivity contribution in [2.45, 2.75) is 25.2 Å². The molecular weight excluding hydrogens is 305 g/mol. The van der Waals surface area contributed by atoms with E-state index < -0.39 is 0 Å². The molecule has 1 fully saturated rings. The maximum atomic E-state index is 6.42. The minimum absolute atomic E-state index is 0.393. The standard InChI is InChI=1S/C16H13Cl2N3/c17-12-9-13(18)19-16-14(12)15(10-5-4-6-10)20-21(16)11-7-2-1-3-8-11/h1-3,7-10H,4-6H2. The van der Waals surface area contributed by atoms with Crippen LogP contribution >= 0.6 is 23.2 Å². The summed E-state index contributed by atoms with van der Waals surface area (Å²) in [5, 5.41) is 6.76. The molecule has 3 aromatic rings. The van der Waals surface area contributed by atoms with Gasteiger partial charge in [0.15, 0.2) is 5.65 Å². The molecule has 0 amide bonds. The van der Waals surface area contributed by atoms with Gasteiger partial charge in [-0.2, -0.15) is 5.10 Å². The summed E-state index contributed by atoms with van der Waals surface area (Å²) in [6.45, 7) is 0. The van der Waals surface area contributed by atoms with E-state index in [1.807, 2.05) is 35.0 Å².